The van der Waals surface area contributed by atoms with Gasteiger partial charge in [0.25, 0.3) is 0 Å². The normalized spacial score (nSPS) is 11.4. The zero-order chi connectivity index (χ0) is 14.4. The zero-order valence-corrected chi connectivity index (χ0v) is 11.8. The van der Waals surface area contributed by atoms with Crippen molar-refractivity contribution >= 4 is 5.69 Å². The molecule has 0 amide bonds. The van der Waals surface area contributed by atoms with Gasteiger partial charge in [0.05, 0.1) is 17.9 Å². The fourth-order valence-corrected chi connectivity index (χ4v) is 2.04. The summed E-state index contributed by atoms with van der Waals surface area (Å²) in [6.07, 6.45) is 0. The van der Waals surface area contributed by atoms with Crippen LogP contribution in [0.1, 0.15) is 31.0 Å². The molecule has 0 aliphatic carbocycles. The van der Waals surface area contributed by atoms with E-state index in [9.17, 15) is 0 Å². The van der Waals surface area contributed by atoms with Crippen LogP contribution in [0.5, 0.6) is 5.75 Å². The van der Waals surface area contributed by atoms with E-state index in [0.29, 0.717) is 12.2 Å². The van der Waals surface area contributed by atoms with E-state index in [2.05, 4.69) is 18.3 Å². The molecule has 3 nitrogen and oxygen atoms in total. The van der Waals surface area contributed by atoms with Gasteiger partial charge in [-0.25, -0.2) is 0 Å². The molecule has 2 aromatic rings. The molecule has 0 saturated carbocycles. The highest BCUT2D eigenvalue weighted by Gasteiger charge is 2.08. The molecule has 0 aliphatic heterocycles. The molecule has 1 atom stereocenters. The molecule has 3 heteroatoms. The maximum Gasteiger partial charge on any atom is 0.119 e. The monoisotopic (exact) mass is 266 g/mol. The lowest BCUT2D eigenvalue weighted by atomic mass is 10.1. The highest BCUT2D eigenvalue weighted by Crippen LogP contribution is 2.23. The van der Waals surface area contributed by atoms with Gasteiger partial charge in [0, 0.05) is 6.04 Å². The summed E-state index contributed by atoms with van der Waals surface area (Å²) in [6.45, 7) is 4.71. The molecular weight excluding hydrogens is 248 g/mol. The van der Waals surface area contributed by atoms with Crippen LogP contribution in [-0.2, 0) is 0 Å². The first-order chi connectivity index (χ1) is 9.74. The number of ether oxygens (including phenoxy) is 1. The van der Waals surface area contributed by atoms with Crippen molar-refractivity contribution in [3.63, 3.8) is 0 Å². The maximum absolute atomic E-state index is 9.09. The fraction of sp³-hybridized carbons (Fsp3) is 0.235. The summed E-state index contributed by atoms with van der Waals surface area (Å²) in [5.41, 5.74) is 2.67. The quantitative estimate of drug-likeness (QED) is 0.885. The lowest BCUT2D eigenvalue weighted by molar-refractivity contribution is 0.340. The fourth-order valence-electron chi connectivity index (χ4n) is 2.04. The molecule has 0 saturated heterocycles. The Morgan fingerprint density at radius 3 is 2.50 bits per heavy atom. The number of benzene rings is 2. The molecule has 0 heterocycles. The Hall–Kier alpha value is -2.47. The lowest BCUT2D eigenvalue weighted by Crippen LogP contribution is -2.07. The Morgan fingerprint density at radius 1 is 1.15 bits per heavy atom. The molecular formula is C17H18N2O. The summed E-state index contributed by atoms with van der Waals surface area (Å²) < 4.78 is 5.43. The first-order valence-corrected chi connectivity index (χ1v) is 6.73. The topological polar surface area (TPSA) is 45.0 Å². The van der Waals surface area contributed by atoms with E-state index >= 15 is 0 Å². The lowest BCUT2D eigenvalue weighted by Gasteiger charge is -2.17. The molecule has 1 N–H and O–H groups in total. The first-order valence-electron chi connectivity index (χ1n) is 6.73. The number of hydrogen-bond donors (Lipinski definition) is 1. The second-order valence-corrected chi connectivity index (χ2v) is 4.53. The third-order valence-electron chi connectivity index (χ3n) is 3.11. The van der Waals surface area contributed by atoms with E-state index in [1.54, 1.807) is 0 Å². The standard InChI is InChI=1S/C17H18N2O/c1-3-20-16-10-8-14(9-11-16)13(2)19-17-7-5-4-6-15(17)12-18/h4-11,13,19H,3H2,1-2H3. The first kappa shape index (κ1) is 14.0. The van der Waals surface area contributed by atoms with Crippen molar-refractivity contribution in [2.75, 3.05) is 11.9 Å². The number of nitrogens with zero attached hydrogens (tertiary/aromatic N) is 1. The van der Waals surface area contributed by atoms with Gasteiger partial charge in [-0.05, 0) is 43.7 Å². The number of para-hydroxylation sites is 1. The van der Waals surface area contributed by atoms with Crippen molar-refractivity contribution < 1.29 is 4.74 Å². The van der Waals surface area contributed by atoms with E-state index in [0.717, 1.165) is 17.0 Å². The molecule has 102 valence electrons. The summed E-state index contributed by atoms with van der Waals surface area (Å²) >= 11 is 0. The van der Waals surface area contributed by atoms with Crippen molar-refractivity contribution in [1.82, 2.24) is 0 Å². The molecule has 2 aromatic carbocycles. The number of nitriles is 1. The Labute approximate surface area is 119 Å². The third-order valence-corrected chi connectivity index (χ3v) is 3.11. The SMILES string of the molecule is CCOc1ccc(C(C)Nc2ccccc2C#N)cc1. The molecule has 0 aliphatic rings. The molecule has 0 aromatic heterocycles. The van der Waals surface area contributed by atoms with Crippen molar-refractivity contribution in [2.45, 2.75) is 19.9 Å². The van der Waals surface area contributed by atoms with Crippen molar-refractivity contribution in [1.29, 1.82) is 5.26 Å². The summed E-state index contributed by atoms with van der Waals surface area (Å²) in [4.78, 5) is 0. The Balaban J connectivity index is 2.11. The van der Waals surface area contributed by atoms with Gasteiger partial charge < -0.3 is 10.1 Å². The molecule has 0 radical (unpaired) electrons. The second-order valence-electron chi connectivity index (χ2n) is 4.53. The van der Waals surface area contributed by atoms with Gasteiger partial charge in [0.15, 0.2) is 0 Å². The largest absolute Gasteiger partial charge is 0.494 e. The molecule has 2 rings (SSSR count). The predicted octanol–water partition coefficient (Wildman–Crippen LogP) is 4.13. The molecule has 0 bridgehead atoms. The van der Waals surface area contributed by atoms with Gasteiger partial charge in [-0.2, -0.15) is 5.26 Å². The second kappa shape index (κ2) is 6.63. The van der Waals surface area contributed by atoms with Crippen LogP contribution in [0.4, 0.5) is 5.69 Å². The van der Waals surface area contributed by atoms with E-state index in [-0.39, 0.29) is 6.04 Å². The molecule has 0 spiro atoms. The smallest absolute Gasteiger partial charge is 0.119 e. The van der Waals surface area contributed by atoms with Crippen LogP contribution in [0, 0.1) is 11.3 Å². The molecule has 1 unspecified atom stereocenters. The highest BCUT2D eigenvalue weighted by molar-refractivity contribution is 5.58. The molecule has 20 heavy (non-hydrogen) atoms. The predicted molar refractivity (Wildman–Crippen MR) is 80.8 cm³/mol. The zero-order valence-electron chi connectivity index (χ0n) is 11.8. The van der Waals surface area contributed by atoms with Crippen molar-refractivity contribution in [3.05, 3.63) is 59.7 Å². The van der Waals surface area contributed by atoms with Crippen LogP contribution in [-0.4, -0.2) is 6.61 Å². The van der Waals surface area contributed by atoms with E-state index in [4.69, 9.17) is 10.00 Å². The minimum Gasteiger partial charge on any atom is -0.494 e. The van der Waals surface area contributed by atoms with Gasteiger partial charge in [-0.3, -0.25) is 0 Å². The summed E-state index contributed by atoms with van der Waals surface area (Å²) in [5, 5.41) is 12.5. The van der Waals surface area contributed by atoms with Crippen LogP contribution in [0.25, 0.3) is 0 Å². The van der Waals surface area contributed by atoms with Crippen molar-refractivity contribution in [2.24, 2.45) is 0 Å². The number of anilines is 1. The third kappa shape index (κ3) is 3.30. The van der Waals surface area contributed by atoms with Crippen molar-refractivity contribution in [3.8, 4) is 11.8 Å². The van der Waals surface area contributed by atoms with Crippen LogP contribution >= 0.6 is 0 Å². The van der Waals surface area contributed by atoms with Gasteiger partial charge in [-0.15, -0.1) is 0 Å². The number of rotatable bonds is 5. The summed E-state index contributed by atoms with van der Waals surface area (Å²) in [5.74, 6) is 0.876. The average molecular weight is 266 g/mol. The van der Waals surface area contributed by atoms with E-state index in [1.165, 1.54) is 0 Å². The highest BCUT2D eigenvalue weighted by atomic mass is 16.5. The summed E-state index contributed by atoms with van der Waals surface area (Å²) in [7, 11) is 0. The minimum absolute atomic E-state index is 0.125. The molecule has 0 fully saturated rings. The Bertz CT molecular complexity index is 599. The maximum atomic E-state index is 9.09. The van der Waals surface area contributed by atoms with Gasteiger partial charge >= 0.3 is 0 Å². The Morgan fingerprint density at radius 2 is 1.85 bits per heavy atom. The van der Waals surface area contributed by atoms with E-state index in [1.807, 2.05) is 55.5 Å². The van der Waals surface area contributed by atoms with Gasteiger partial charge in [0.2, 0.25) is 0 Å². The Kier molecular flexibility index (Phi) is 4.62. The number of nitrogens with one attached hydrogen (secondary N) is 1. The average Bonchev–Trinajstić information content (AvgIpc) is 2.49. The van der Waals surface area contributed by atoms with Crippen LogP contribution in [0.3, 0.4) is 0 Å². The summed E-state index contributed by atoms with van der Waals surface area (Å²) in [6, 6.07) is 17.9. The minimum atomic E-state index is 0.125. The van der Waals surface area contributed by atoms with Crippen LogP contribution < -0.4 is 10.1 Å². The number of hydrogen-bond acceptors (Lipinski definition) is 3. The van der Waals surface area contributed by atoms with Gasteiger partial charge in [-0.1, -0.05) is 24.3 Å². The van der Waals surface area contributed by atoms with Crippen LogP contribution in [0.15, 0.2) is 48.5 Å². The van der Waals surface area contributed by atoms with Crippen LogP contribution in [0.2, 0.25) is 0 Å². The van der Waals surface area contributed by atoms with Gasteiger partial charge in [0.1, 0.15) is 11.8 Å². The van der Waals surface area contributed by atoms with E-state index < -0.39 is 0 Å².